The van der Waals surface area contributed by atoms with Crippen LogP contribution in [0.3, 0.4) is 0 Å². The van der Waals surface area contributed by atoms with Crippen molar-refractivity contribution in [1.82, 2.24) is 4.57 Å². The van der Waals surface area contributed by atoms with Crippen LogP contribution in [-0.4, -0.2) is 23.7 Å². The standard InChI is InChI=1S/C19H25ClN2O2S/c1-6-21-19-22(13(5)14-8-10-15(20)11-9-14)16(12(3)4)17(25-19)18(23)24-7-2/h8-13H,6-7H2,1-5H3. The van der Waals surface area contributed by atoms with E-state index in [1.807, 2.05) is 38.1 Å². The van der Waals surface area contributed by atoms with Gasteiger partial charge in [-0.15, -0.1) is 0 Å². The summed E-state index contributed by atoms with van der Waals surface area (Å²) in [6.45, 7) is 11.1. The van der Waals surface area contributed by atoms with Gasteiger partial charge in [-0.3, -0.25) is 4.99 Å². The third-order valence-electron chi connectivity index (χ3n) is 3.93. The van der Waals surface area contributed by atoms with Crippen LogP contribution in [0.25, 0.3) is 0 Å². The zero-order valence-corrected chi connectivity index (χ0v) is 16.9. The Bertz CT molecular complexity index is 791. The number of nitrogens with zero attached hydrogens (tertiary/aromatic N) is 2. The molecule has 0 N–H and O–H groups in total. The van der Waals surface area contributed by atoms with Crippen LogP contribution in [0.4, 0.5) is 0 Å². The summed E-state index contributed by atoms with van der Waals surface area (Å²) in [5, 5.41) is 0.709. The average molecular weight is 381 g/mol. The summed E-state index contributed by atoms with van der Waals surface area (Å²) in [6.07, 6.45) is 0. The predicted octanol–water partition coefficient (Wildman–Crippen LogP) is 5.03. The van der Waals surface area contributed by atoms with Crippen LogP contribution < -0.4 is 4.80 Å². The number of benzene rings is 1. The first kappa shape index (κ1) is 19.7. The van der Waals surface area contributed by atoms with Gasteiger partial charge in [-0.25, -0.2) is 4.79 Å². The Morgan fingerprint density at radius 1 is 1.24 bits per heavy atom. The predicted molar refractivity (Wildman–Crippen MR) is 104 cm³/mol. The molecule has 2 aromatic rings. The summed E-state index contributed by atoms with van der Waals surface area (Å²) in [6, 6.07) is 7.85. The van der Waals surface area contributed by atoms with Crippen molar-refractivity contribution < 1.29 is 9.53 Å². The second kappa shape index (κ2) is 8.68. The Kier molecular flexibility index (Phi) is 6.85. The summed E-state index contributed by atoms with van der Waals surface area (Å²) in [5.41, 5.74) is 2.09. The molecule has 0 saturated heterocycles. The monoisotopic (exact) mass is 380 g/mol. The van der Waals surface area contributed by atoms with Crippen molar-refractivity contribution in [1.29, 1.82) is 0 Å². The molecule has 0 amide bonds. The van der Waals surface area contributed by atoms with Gasteiger partial charge >= 0.3 is 5.97 Å². The molecule has 0 spiro atoms. The van der Waals surface area contributed by atoms with Crippen LogP contribution >= 0.6 is 22.9 Å². The number of aromatic nitrogens is 1. The Hall–Kier alpha value is -1.59. The highest BCUT2D eigenvalue weighted by molar-refractivity contribution is 7.11. The number of carbonyl (C=O) groups is 1. The molecule has 1 atom stereocenters. The minimum absolute atomic E-state index is 0.0411. The fourth-order valence-corrected chi connectivity index (χ4v) is 4.23. The highest BCUT2D eigenvalue weighted by atomic mass is 35.5. The van der Waals surface area contributed by atoms with Gasteiger partial charge in [0.05, 0.1) is 12.6 Å². The van der Waals surface area contributed by atoms with Crippen LogP contribution in [0.5, 0.6) is 0 Å². The summed E-state index contributed by atoms with van der Waals surface area (Å²) in [5.74, 6) is -0.1000. The summed E-state index contributed by atoms with van der Waals surface area (Å²) in [7, 11) is 0. The fraction of sp³-hybridized carbons (Fsp3) is 0.474. The Morgan fingerprint density at radius 2 is 1.88 bits per heavy atom. The van der Waals surface area contributed by atoms with Gasteiger partial charge in [0.1, 0.15) is 4.88 Å². The van der Waals surface area contributed by atoms with Gasteiger partial charge in [0.25, 0.3) is 0 Å². The number of thiazole rings is 1. The van der Waals surface area contributed by atoms with Crippen molar-refractivity contribution in [2.45, 2.75) is 46.6 Å². The fourth-order valence-electron chi connectivity index (χ4n) is 2.80. The van der Waals surface area contributed by atoms with Crippen LogP contribution in [0.2, 0.25) is 5.02 Å². The molecule has 1 aromatic heterocycles. The summed E-state index contributed by atoms with van der Waals surface area (Å²) >= 11 is 7.43. The molecule has 0 saturated carbocycles. The minimum Gasteiger partial charge on any atom is -0.462 e. The SMILES string of the molecule is CCN=c1sc(C(=O)OCC)c(C(C)C)n1C(C)c1ccc(Cl)cc1. The van der Waals surface area contributed by atoms with E-state index in [1.165, 1.54) is 11.3 Å². The lowest BCUT2D eigenvalue weighted by atomic mass is 10.0. The lowest BCUT2D eigenvalue weighted by Crippen LogP contribution is -2.23. The first-order valence-corrected chi connectivity index (χ1v) is 9.78. The molecular weight excluding hydrogens is 356 g/mol. The molecule has 25 heavy (non-hydrogen) atoms. The van der Waals surface area contributed by atoms with E-state index in [2.05, 4.69) is 30.3 Å². The zero-order valence-electron chi connectivity index (χ0n) is 15.4. The molecule has 0 aliphatic rings. The lowest BCUT2D eigenvalue weighted by molar-refractivity contribution is 0.0529. The maximum atomic E-state index is 12.5. The number of hydrogen-bond acceptors (Lipinski definition) is 4. The second-order valence-electron chi connectivity index (χ2n) is 6.05. The number of halogens is 1. The van der Waals surface area contributed by atoms with Gasteiger partial charge in [0.2, 0.25) is 0 Å². The number of esters is 1. The van der Waals surface area contributed by atoms with E-state index in [0.717, 1.165) is 16.1 Å². The van der Waals surface area contributed by atoms with Crippen LogP contribution in [0, 0.1) is 0 Å². The van der Waals surface area contributed by atoms with E-state index in [9.17, 15) is 4.79 Å². The van der Waals surface area contributed by atoms with Crippen molar-refractivity contribution in [2.24, 2.45) is 4.99 Å². The molecule has 1 heterocycles. The molecular formula is C19H25ClN2O2S. The molecule has 6 heteroatoms. The van der Waals surface area contributed by atoms with E-state index in [0.29, 0.717) is 23.1 Å². The van der Waals surface area contributed by atoms with E-state index < -0.39 is 0 Å². The van der Waals surface area contributed by atoms with Crippen molar-refractivity contribution in [3.05, 3.63) is 50.2 Å². The maximum absolute atomic E-state index is 12.5. The van der Waals surface area contributed by atoms with Gasteiger partial charge in [-0.1, -0.05) is 48.9 Å². The van der Waals surface area contributed by atoms with Gasteiger partial charge in [-0.2, -0.15) is 0 Å². The van der Waals surface area contributed by atoms with Gasteiger partial charge in [0, 0.05) is 17.3 Å². The van der Waals surface area contributed by atoms with E-state index >= 15 is 0 Å². The van der Waals surface area contributed by atoms with Gasteiger partial charge in [-0.05, 0) is 44.4 Å². The lowest BCUT2D eigenvalue weighted by Gasteiger charge is -2.20. The molecule has 0 radical (unpaired) electrons. The largest absolute Gasteiger partial charge is 0.462 e. The van der Waals surface area contributed by atoms with Gasteiger partial charge in [0.15, 0.2) is 4.80 Å². The molecule has 4 nitrogen and oxygen atoms in total. The van der Waals surface area contributed by atoms with Crippen LogP contribution in [0.15, 0.2) is 29.3 Å². The Balaban J connectivity index is 2.67. The maximum Gasteiger partial charge on any atom is 0.350 e. The van der Waals surface area contributed by atoms with E-state index in [1.54, 1.807) is 0 Å². The Labute approximate surface area is 158 Å². The van der Waals surface area contributed by atoms with Crippen molar-refractivity contribution in [3.8, 4) is 0 Å². The van der Waals surface area contributed by atoms with Gasteiger partial charge < -0.3 is 9.30 Å². The number of hydrogen-bond donors (Lipinski definition) is 0. The molecule has 136 valence electrons. The summed E-state index contributed by atoms with van der Waals surface area (Å²) in [4.78, 5) is 18.6. The third-order valence-corrected chi connectivity index (χ3v) is 5.27. The smallest absolute Gasteiger partial charge is 0.350 e. The number of carbonyl (C=O) groups excluding carboxylic acids is 1. The van der Waals surface area contributed by atoms with E-state index in [-0.39, 0.29) is 17.9 Å². The third kappa shape index (κ3) is 4.33. The van der Waals surface area contributed by atoms with Crippen LogP contribution in [-0.2, 0) is 4.74 Å². The molecule has 0 aliphatic heterocycles. The quantitative estimate of drug-likeness (QED) is 0.659. The zero-order chi connectivity index (χ0) is 18.6. The van der Waals surface area contributed by atoms with Crippen molar-refractivity contribution in [2.75, 3.05) is 13.2 Å². The normalized spacial score (nSPS) is 13.3. The minimum atomic E-state index is -0.272. The first-order chi connectivity index (χ1) is 11.9. The Morgan fingerprint density at radius 3 is 2.40 bits per heavy atom. The van der Waals surface area contributed by atoms with E-state index in [4.69, 9.17) is 16.3 Å². The molecule has 0 aliphatic carbocycles. The average Bonchev–Trinajstić information content (AvgIpc) is 2.95. The van der Waals surface area contributed by atoms with Crippen molar-refractivity contribution >= 4 is 28.9 Å². The molecule has 1 unspecified atom stereocenters. The van der Waals surface area contributed by atoms with Crippen LogP contribution in [0.1, 0.15) is 67.5 Å². The highest BCUT2D eigenvalue weighted by Crippen LogP contribution is 2.29. The summed E-state index contributed by atoms with van der Waals surface area (Å²) < 4.78 is 7.43. The first-order valence-electron chi connectivity index (χ1n) is 8.58. The molecule has 1 aromatic carbocycles. The number of ether oxygens (including phenoxy) is 1. The second-order valence-corrected chi connectivity index (χ2v) is 7.46. The highest BCUT2D eigenvalue weighted by Gasteiger charge is 2.25. The molecule has 2 rings (SSSR count). The van der Waals surface area contributed by atoms with Crippen molar-refractivity contribution in [3.63, 3.8) is 0 Å². The number of rotatable bonds is 6. The molecule has 0 bridgehead atoms. The molecule has 0 fully saturated rings. The topological polar surface area (TPSA) is 43.6 Å².